The molecule has 5 heterocycles. The van der Waals surface area contributed by atoms with Gasteiger partial charge in [0, 0.05) is 32.9 Å². The number of pyridine rings is 1. The highest BCUT2D eigenvalue weighted by Gasteiger charge is 2.32. The third kappa shape index (κ3) is 3.21. The summed E-state index contributed by atoms with van der Waals surface area (Å²) in [5, 5.41) is 11.4. The van der Waals surface area contributed by atoms with Crippen LogP contribution in [0.1, 0.15) is 50.3 Å². The molecule has 0 aliphatic carbocycles. The number of fused-ring (bicyclic) bond motifs is 3. The van der Waals surface area contributed by atoms with Gasteiger partial charge in [-0.05, 0) is 44.5 Å². The van der Waals surface area contributed by atoms with E-state index in [1.807, 2.05) is 37.6 Å². The molecule has 5 rings (SSSR count). The van der Waals surface area contributed by atoms with Crippen molar-refractivity contribution in [1.82, 2.24) is 20.1 Å². The van der Waals surface area contributed by atoms with E-state index in [1.165, 1.54) is 6.07 Å². The number of halogens is 2. The molecule has 1 atom stereocenters. The van der Waals surface area contributed by atoms with Crippen molar-refractivity contribution in [1.29, 1.82) is 0 Å². The van der Waals surface area contributed by atoms with Crippen LogP contribution >= 0.6 is 22.7 Å². The number of aromatic nitrogens is 3. The molecule has 2 N–H and O–H groups in total. The van der Waals surface area contributed by atoms with Crippen molar-refractivity contribution in [3.63, 3.8) is 0 Å². The van der Waals surface area contributed by atoms with Crippen molar-refractivity contribution >= 4 is 44.5 Å². The zero-order valence-corrected chi connectivity index (χ0v) is 18.6. The largest absolute Gasteiger partial charge is 0.359 e. The minimum Gasteiger partial charge on any atom is -0.359 e. The van der Waals surface area contributed by atoms with Gasteiger partial charge in [-0.15, -0.1) is 22.7 Å². The van der Waals surface area contributed by atoms with Crippen molar-refractivity contribution in [2.75, 3.05) is 5.32 Å². The average Bonchev–Trinajstić information content (AvgIpc) is 3.44. The van der Waals surface area contributed by atoms with Gasteiger partial charge in [-0.3, -0.25) is 9.48 Å². The summed E-state index contributed by atoms with van der Waals surface area (Å²) in [4.78, 5) is 20.1. The van der Waals surface area contributed by atoms with Gasteiger partial charge in [-0.1, -0.05) is 0 Å². The van der Waals surface area contributed by atoms with E-state index in [0.717, 1.165) is 32.3 Å². The number of hydrogen-bond donors (Lipinski definition) is 2. The smallest absolute Gasteiger partial charge is 0.280 e. The molecule has 160 valence electrons. The number of anilines is 1. The molecule has 4 aromatic heterocycles. The minimum atomic E-state index is -2.72. The molecule has 0 fully saturated rings. The second-order valence-corrected chi connectivity index (χ2v) is 9.66. The molecule has 31 heavy (non-hydrogen) atoms. The van der Waals surface area contributed by atoms with Gasteiger partial charge >= 0.3 is 0 Å². The standard InChI is InChI=1S/C21H19F2N5OS2/c1-4-28-10(3)12(8-24-28)11-7-13(18(22)23)25-21-15(11)16-17(31-21)20(29)27-19(26-16)14-6-5-9(2)30-14/h5-8,18-19,26H,4H2,1-3H3,(H,27,29)/t19-/m1/s1. The topological polar surface area (TPSA) is 71.8 Å². The van der Waals surface area contributed by atoms with Crippen molar-refractivity contribution in [2.45, 2.75) is 39.9 Å². The normalized spacial score (nSPS) is 15.9. The number of carbonyl (C=O) groups excluding carboxylic acids is 1. The molecular formula is C21H19F2N5OS2. The van der Waals surface area contributed by atoms with Crippen LogP contribution in [0.5, 0.6) is 0 Å². The zero-order chi connectivity index (χ0) is 21.9. The molecule has 4 aromatic rings. The number of nitrogens with one attached hydrogen (secondary N) is 2. The van der Waals surface area contributed by atoms with E-state index in [9.17, 15) is 13.6 Å². The fourth-order valence-electron chi connectivity index (χ4n) is 3.90. The number of alkyl halides is 2. The Balaban J connectivity index is 1.75. The van der Waals surface area contributed by atoms with E-state index in [1.54, 1.807) is 17.5 Å². The maximum absolute atomic E-state index is 13.6. The van der Waals surface area contributed by atoms with Gasteiger partial charge in [0.15, 0.2) is 0 Å². The lowest BCUT2D eigenvalue weighted by atomic mass is 10.0. The molecule has 0 spiro atoms. The molecule has 6 nitrogen and oxygen atoms in total. The lowest BCUT2D eigenvalue weighted by Crippen LogP contribution is -2.37. The van der Waals surface area contributed by atoms with E-state index in [-0.39, 0.29) is 11.6 Å². The van der Waals surface area contributed by atoms with Crippen LogP contribution in [-0.2, 0) is 6.54 Å². The number of hydrogen-bond acceptors (Lipinski definition) is 6. The molecule has 0 radical (unpaired) electrons. The lowest BCUT2D eigenvalue weighted by molar-refractivity contribution is 0.0941. The monoisotopic (exact) mass is 459 g/mol. The summed E-state index contributed by atoms with van der Waals surface area (Å²) in [6.45, 7) is 6.56. The molecule has 1 aliphatic heterocycles. The maximum Gasteiger partial charge on any atom is 0.280 e. The summed E-state index contributed by atoms with van der Waals surface area (Å²) >= 11 is 2.72. The van der Waals surface area contributed by atoms with Crippen LogP contribution in [0.25, 0.3) is 21.3 Å². The van der Waals surface area contributed by atoms with Crippen molar-refractivity contribution < 1.29 is 13.6 Å². The van der Waals surface area contributed by atoms with E-state index in [4.69, 9.17) is 0 Å². The SMILES string of the molecule is CCn1ncc(-c2cc(C(F)F)nc3sc4c(c23)N[C@@H](c2ccc(C)s2)NC4=O)c1C. The first kappa shape index (κ1) is 20.1. The van der Waals surface area contributed by atoms with Gasteiger partial charge < -0.3 is 10.6 Å². The Labute approximate surface area is 184 Å². The lowest BCUT2D eigenvalue weighted by Gasteiger charge is -2.25. The highest BCUT2D eigenvalue weighted by Crippen LogP contribution is 2.45. The van der Waals surface area contributed by atoms with Crippen LogP contribution < -0.4 is 10.6 Å². The van der Waals surface area contributed by atoms with Gasteiger partial charge in [-0.25, -0.2) is 13.8 Å². The second kappa shape index (κ2) is 7.38. The highest BCUT2D eigenvalue weighted by atomic mass is 32.1. The van der Waals surface area contributed by atoms with Crippen molar-refractivity contribution in [3.8, 4) is 11.1 Å². The summed E-state index contributed by atoms with van der Waals surface area (Å²) in [6.07, 6.45) is -1.42. The van der Waals surface area contributed by atoms with Gasteiger partial charge in [0.1, 0.15) is 21.6 Å². The number of rotatable bonds is 4. The van der Waals surface area contributed by atoms with Crippen LogP contribution in [0.3, 0.4) is 0 Å². The van der Waals surface area contributed by atoms with Gasteiger partial charge in [-0.2, -0.15) is 5.10 Å². The van der Waals surface area contributed by atoms with Gasteiger partial charge in [0.2, 0.25) is 0 Å². The zero-order valence-electron chi connectivity index (χ0n) is 17.0. The Morgan fingerprint density at radius 2 is 2.00 bits per heavy atom. The third-order valence-electron chi connectivity index (χ3n) is 5.41. The highest BCUT2D eigenvalue weighted by molar-refractivity contribution is 7.21. The van der Waals surface area contributed by atoms with Crippen LogP contribution in [0.4, 0.5) is 14.5 Å². The molecule has 0 unspecified atom stereocenters. The number of carbonyl (C=O) groups is 1. The van der Waals surface area contributed by atoms with Crippen LogP contribution in [0.15, 0.2) is 24.4 Å². The molecule has 0 bridgehead atoms. The Morgan fingerprint density at radius 1 is 1.19 bits per heavy atom. The van der Waals surface area contributed by atoms with E-state index in [2.05, 4.69) is 20.7 Å². The molecular weight excluding hydrogens is 440 g/mol. The average molecular weight is 460 g/mol. The van der Waals surface area contributed by atoms with E-state index < -0.39 is 12.6 Å². The summed E-state index contributed by atoms with van der Waals surface area (Å²) in [5.74, 6) is -0.238. The van der Waals surface area contributed by atoms with E-state index >= 15 is 0 Å². The van der Waals surface area contributed by atoms with Crippen LogP contribution in [0, 0.1) is 13.8 Å². The number of amides is 1. The Hall–Kier alpha value is -2.85. The predicted molar refractivity (Wildman–Crippen MR) is 119 cm³/mol. The molecule has 0 aromatic carbocycles. The van der Waals surface area contributed by atoms with Crippen LogP contribution in [-0.4, -0.2) is 20.7 Å². The molecule has 0 saturated heterocycles. The summed E-state index contributed by atoms with van der Waals surface area (Å²) in [6, 6.07) is 5.39. The second-order valence-electron chi connectivity index (χ2n) is 7.34. The van der Waals surface area contributed by atoms with Crippen molar-refractivity contribution in [3.05, 3.63) is 50.4 Å². The number of thiophene rings is 2. The quantitative estimate of drug-likeness (QED) is 0.414. The van der Waals surface area contributed by atoms with Gasteiger partial charge in [0.25, 0.3) is 12.3 Å². The Morgan fingerprint density at radius 3 is 2.65 bits per heavy atom. The number of aryl methyl sites for hydroxylation is 2. The first-order chi connectivity index (χ1) is 14.9. The van der Waals surface area contributed by atoms with Gasteiger partial charge in [0.05, 0.1) is 11.9 Å². The minimum absolute atomic E-state index is 0.238. The van der Waals surface area contributed by atoms with Crippen LogP contribution in [0.2, 0.25) is 0 Å². The molecule has 1 aliphatic rings. The fourth-order valence-corrected chi connectivity index (χ4v) is 5.85. The molecule has 10 heteroatoms. The first-order valence-electron chi connectivity index (χ1n) is 9.79. The predicted octanol–water partition coefficient (Wildman–Crippen LogP) is 5.65. The number of nitrogens with zero attached hydrogens (tertiary/aromatic N) is 3. The first-order valence-corrected chi connectivity index (χ1v) is 11.4. The summed E-state index contributed by atoms with van der Waals surface area (Å²) < 4.78 is 29.1. The van der Waals surface area contributed by atoms with E-state index in [0.29, 0.717) is 32.9 Å². The molecule has 0 saturated carbocycles. The maximum atomic E-state index is 13.6. The summed E-state index contributed by atoms with van der Waals surface area (Å²) in [7, 11) is 0. The summed E-state index contributed by atoms with van der Waals surface area (Å²) in [5.41, 5.74) is 2.56. The fraction of sp³-hybridized carbons (Fsp3) is 0.286. The third-order valence-corrected chi connectivity index (χ3v) is 7.56. The Bertz CT molecular complexity index is 1320. The Kier molecular flexibility index (Phi) is 4.78. The van der Waals surface area contributed by atoms with Crippen molar-refractivity contribution in [2.24, 2.45) is 0 Å². The molecule has 1 amide bonds.